The van der Waals surface area contributed by atoms with E-state index in [1.165, 1.54) is 33.8 Å². The number of nitrogens with one attached hydrogen (secondary N) is 1. The maximum atomic E-state index is 13.7. The van der Waals surface area contributed by atoms with Crippen LogP contribution in [-0.2, 0) is 10.0 Å². The Morgan fingerprint density at radius 3 is 2.64 bits per heavy atom. The third-order valence-corrected chi connectivity index (χ3v) is 7.55. The number of hydrogen-bond donors (Lipinski definition) is 1. The standard InChI is InChI=1S/C19H18FN3O3S2/c1-12-4-5-13(10-15(12)20)18(24)22-19-21-16-7-6-14(11-17(16)27-19)28(25,26)23-8-2-3-9-23/h4-7,10-11H,2-3,8-9H2,1H3,(H,21,22,24). The van der Waals surface area contributed by atoms with E-state index in [1.807, 2.05) is 0 Å². The molecule has 3 aromatic rings. The third-order valence-electron chi connectivity index (χ3n) is 4.72. The third kappa shape index (κ3) is 3.52. The van der Waals surface area contributed by atoms with Crippen molar-refractivity contribution in [3.05, 3.63) is 53.3 Å². The van der Waals surface area contributed by atoms with Crippen LogP contribution in [0.25, 0.3) is 10.2 Å². The molecule has 1 aliphatic heterocycles. The van der Waals surface area contributed by atoms with Crippen molar-refractivity contribution in [2.75, 3.05) is 18.4 Å². The molecule has 2 heterocycles. The van der Waals surface area contributed by atoms with E-state index in [0.29, 0.717) is 34.0 Å². The lowest BCUT2D eigenvalue weighted by Gasteiger charge is -2.15. The van der Waals surface area contributed by atoms with E-state index >= 15 is 0 Å². The van der Waals surface area contributed by atoms with Gasteiger partial charge in [-0.05, 0) is 55.7 Å². The molecular weight excluding hydrogens is 401 g/mol. The number of anilines is 1. The van der Waals surface area contributed by atoms with Gasteiger partial charge in [-0.25, -0.2) is 17.8 Å². The number of carbonyl (C=O) groups is 1. The number of thiazole rings is 1. The van der Waals surface area contributed by atoms with Crippen LogP contribution in [0.2, 0.25) is 0 Å². The highest BCUT2D eigenvalue weighted by Crippen LogP contribution is 2.30. The summed E-state index contributed by atoms with van der Waals surface area (Å²) < 4.78 is 41.2. The molecule has 1 N–H and O–H groups in total. The fourth-order valence-electron chi connectivity index (χ4n) is 3.10. The number of sulfonamides is 1. The predicted octanol–water partition coefficient (Wildman–Crippen LogP) is 3.78. The maximum absolute atomic E-state index is 13.7. The summed E-state index contributed by atoms with van der Waals surface area (Å²) in [5, 5.41) is 2.98. The van der Waals surface area contributed by atoms with Gasteiger partial charge in [-0.3, -0.25) is 10.1 Å². The second kappa shape index (κ2) is 7.23. The van der Waals surface area contributed by atoms with Gasteiger partial charge < -0.3 is 0 Å². The predicted molar refractivity (Wildman–Crippen MR) is 107 cm³/mol. The summed E-state index contributed by atoms with van der Waals surface area (Å²) in [6.45, 7) is 2.70. The lowest BCUT2D eigenvalue weighted by atomic mass is 10.1. The van der Waals surface area contributed by atoms with Crippen LogP contribution in [0.5, 0.6) is 0 Å². The lowest BCUT2D eigenvalue weighted by Crippen LogP contribution is -2.27. The number of aromatic nitrogens is 1. The van der Waals surface area contributed by atoms with Crippen LogP contribution in [0, 0.1) is 12.7 Å². The van der Waals surface area contributed by atoms with Crippen LogP contribution >= 0.6 is 11.3 Å². The molecule has 1 amide bonds. The molecule has 6 nitrogen and oxygen atoms in total. The van der Waals surface area contributed by atoms with Gasteiger partial charge in [0.1, 0.15) is 5.82 Å². The molecule has 4 rings (SSSR count). The van der Waals surface area contributed by atoms with Crippen molar-refractivity contribution in [3.63, 3.8) is 0 Å². The summed E-state index contributed by atoms with van der Waals surface area (Å²) in [6, 6.07) is 9.02. The molecular formula is C19H18FN3O3S2. The molecule has 146 valence electrons. The molecule has 0 unspecified atom stereocenters. The van der Waals surface area contributed by atoms with Gasteiger partial charge in [0.2, 0.25) is 10.0 Å². The van der Waals surface area contributed by atoms with E-state index in [-0.39, 0.29) is 10.5 Å². The molecule has 0 bridgehead atoms. The van der Waals surface area contributed by atoms with E-state index in [1.54, 1.807) is 25.1 Å². The van der Waals surface area contributed by atoms with Crippen LogP contribution < -0.4 is 5.32 Å². The molecule has 28 heavy (non-hydrogen) atoms. The number of hydrogen-bond acceptors (Lipinski definition) is 5. The van der Waals surface area contributed by atoms with Crippen molar-refractivity contribution in [2.24, 2.45) is 0 Å². The largest absolute Gasteiger partial charge is 0.298 e. The summed E-state index contributed by atoms with van der Waals surface area (Å²) in [5.41, 5.74) is 1.25. The molecule has 0 atom stereocenters. The van der Waals surface area contributed by atoms with Crippen molar-refractivity contribution in [3.8, 4) is 0 Å². The summed E-state index contributed by atoms with van der Waals surface area (Å²) >= 11 is 1.18. The van der Waals surface area contributed by atoms with Gasteiger partial charge in [-0.15, -0.1) is 0 Å². The van der Waals surface area contributed by atoms with Crippen molar-refractivity contribution in [1.82, 2.24) is 9.29 Å². The molecule has 9 heteroatoms. The van der Waals surface area contributed by atoms with Gasteiger partial charge in [-0.2, -0.15) is 4.31 Å². The van der Waals surface area contributed by atoms with Gasteiger partial charge in [0.15, 0.2) is 5.13 Å². The first-order valence-electron chi connectivity index (χ1n) is 8.83. The Morgan fingerprint density at radius 2 is 1.93 bits per heavy atom. The highest BCUT2D eigenvalue weighted by atomic mass is 32.2. The summed E-state index contributed by atoms with van der Waals surface area (Å²) in [7, 11) is -3.51. The molecule has 2 aromatic carbocycles. The number of rotatable bonds is 4. The Hall–Kier alpha value is -2.36. The number of benzene rings is 2. The van der Waals surface area contributed by atoms with Crippen molar-refractivity contribution >= 4 is 42.6 Å². The molecule has 1 aromatic heterocycles. The molecule has 0 aliphatic carbocycles. The quantitative estimate of drug-likeness (QED) is 0.698. The Balaban J connectivity index is 1.59. The zero-order valence-corrected chi connectivity index (χ0v) is 16.7. The number of fused-ring (bicyclic) bond motifs is 1. The van der Waals surface area contributed by atoms with Crippen LogP contribution in [0.15, 0.2) is 41.3 Å². The number of aryl methyl sites for hydroxylation is 1. The molecule has 0 saturated carbocycles. The molecule has 0 spiro atoms. The highest BCUT2D eigenvalue weighted by molar-refractivity contribution is 7.89. The number of nitrogens with zero attached hydrogens (tertiary/aromatic N) is 2. The minimum absolute atomic E-state index is 0.194. The van der Waals surface area contributed by atoms with Crippen LogP contribution in [0.1, 0.15) is 28.8 Å². The topological polar surface area (TPSA) is 79.4 Å². The summed E-state index contributed by atoms with van der Waals surface area (Å²) in [6.07, 6.45) is 1.75. The van der Waals surface area contributed by atoms with E-state index in [0.717, 1.165) is 12.8 Å². The van der Waals surface area contributed by atoms with E-state index < -0.39 is 21.7 Å². The van der Waals surface area contributed by atoms with Gasteiger partial charge in [0.25, 0.3) is 5.91 Å². The minimum atomic E-state index is -3.51. The van der Waals surface area contributed by atoms with Gasteiger partial charge >= 0.3 is 0 Å². The van der Waals surface area contributed by atoms with E-state index in [9.17, 15) is 17.6 Å². The van der Waals surface area contributed by atoms with Gasteiger partial charge in [-0.1, -0.05) is 17.4 Å². The molecule has 0 radical (unpaired) electrons. The SMILES string of the molecule is Cc1ccc(C(=O)Nc2nc3ccc(S(=O)(=O)N4CCCC4)cc3s2)cc1F. The van der Waals surface area contributed by atoms with Crippen molar-refractivity contribution in [2.45, 2.75) is 24.7 Å². The van der Waals surface area contributed by atoms with Crippen LogP contribution in [0.3, 0.4) is 0 Å². The van der Waals surface area contributed by atoms with E-state index in [4.69, 9.17) is 0 Å². The Bertz CT molecular complexity index is 1170. The second-order valence-corrected chi connectivity index (χ2v) is 9.65. The van der Waals surface area contributed by atoms with E-state index in [2.05, 4.69) is 10.3 Å². The Morgan fingerprint density at radius 1 is 1.18 bits per heavy atom. The molecule has 1 fully saturated rings. The average molecular weight is 420 g/mol. The monoisotopic (exact) mass is 419 g/mol. The second-order valence-electron chi connectivity index (χ2n) is 6.68. The van der Waals surface area contributed by atoms with Crippen LogP contribution in [0.4, 0.5) is 9.52 Å². The normalized spacial score (nSPS) is 15.2. The number of carbonyl (C=O) groups excluding carboxylic acids is 1. The number of halogens is 1. The first-order valence-corrected chi connectivity index (χ1v) is 11.1. The first-order chi connectivity index (χ1) is 13.3. The molecule has 1 saturated heterocycles. The van der Waals surface area contributed by atoms with Gasteiger partial charge in [0.05, 0.1) is 15.1 Å². The summed E-state index contributed by atoms with van der Waals surface area (Å²) in [4.78, 5) is 16.9. The van der Waals surface area contributed by atoms with Crippen LogP contribution in [-0.4, -0.2) is 36.7 Å². The Kier molecular flexibility index (Phi) is 4.90. The Labute approximate surface area is 166 Å². The first kappa shape index (κ1) is 19.0. The smallest absolute Gasteiger partial charge is 0.257 e. The fourth-order valence-corrected chi connectivity index (χ4v) is 5.62. The lowest BCUT2D eigenvalue weighted by molar-refractivity contribution is 0.102. The van der Waals surface area contributed by atoms with Gasteiger partial charge in [0, 0.05) is 18.7 Å². The fraction of sp³-hybridized carbons (Fsp3) is 0.263. The number of amides is 1. The molecule has 1 aliphatic rings. The average Bonchev–Trinajstić information content (AvgIpc) is 3.32. The van der Waals surface area contributed by atoms with Crippen molar-refractivity contribution < 1.29 is 17.6 Å². The zero-order chi connectivity index (χ0) is 19.9. The summed E-state index contributed by atoms with van der Waals surface area (Å²) in [5.74, 6) is -0.920. The zero-order valence-electron chi connectivity index (χ0n) is 15.1. The maximum Gasteiger partial charge on any atom is 0.257 e. The highest BCUT2D eigenvalue weighted by Gasteiger charge is 2.27. The minimum Gasteiger partial charge on any atom is -0.298 e. The van der Waals surface area contributed by atoms with Crippen molar-refractivity contribution in [1.29, 1.82) is 0 Å².